The summed E-state index contributed by atoms with van der Waals surface area (Å²) in [5.74, 6) is -5.01. The molecule has 1 unspecified atom stereocenters. The fourth-order valence-corrected chi connectivity index (χ4v) is 3.53. The lowest BCUT2D eigenvalue weighted by Crippen LogP contribution is -2.44. The molecule has 0 radical (unpaired) electrons. The van der Waals surface area contributed by atoms with Crippen molar-refractivity contribution in [1.29, 1.82) is 0 Å². The van der Waals surface area contributed by atoms with E-state index in [0.717, 1.165) is 11.1 Å². The fourth-order valence-electron chi connectivity index (χ4n) is 3.53. The molecule has 1 aromatic rings. The number of hydrogen-bond donors (Lipinski definition) is 1. The van der Waals surface area contributed by atoms with Crippen LogP contribution in [0, 0.1) is 5.92 Å². The van der Waals surface area contributed by atoms with E-state index >= 15 is 0 Å². The molecule has 124 valence electrons. The van der Waals surface area contributed by atoms with E-state index in [2.05, 4.69) is 0 Å². The number of carboxylic acids is 1. The number of fused-ring (bicyclic) bond motifs is 1. The number of carboxylic acid groups (broad SMARTS) is 1. The molecule has 6 heteroatoms. The molecule has 0 spiro atoms. The number of rotatable bonds is 2. The number of hydrogen-bond acceptors (Lipinski definition) is 2. The maximum atomic E-state index is 13.2. The van der Waals surface area contributed by atoms with E-state index in [4.69, 9.17) is 0 Å². The van der Waals surface area contributed by atoms with Crippen LogP contribution in [0.3, 0.4) is 0 Å². The Balaban J connectivity index is 1.77. The Kier molecular flexibility index (Phi) is 4.08. The van der Waals surface area contributed by atoms with Crippen molar-refractivity contribution >= 4 is 11.9 Å². The summed E-state index contributed by atoms with van der Waals surface area (Å²) in [5, 5.41) is 9.43. The van der Waals surface area contributed by atoms with E-state index < -0.39 is 23.7 Å². The highest BCUT2D eigenvalue weighted by molar-refractivity contribution is 5.83. The van der Waals surface area contributed by atoms with Gasteiger partial charge < -0.3 is 10.0 Å². The molecule has 0 saturated heterocycles. The van der Waals surface area contributed by atoms with Crippen molar-refractivity contribution in [3.8, 4) is 0 Å². The standard InChI is InChI=1S/C17H19F2NO3/c18-17(19)7-5-11(6-8-17)15(21)20-9-12-3-1-2-4-13(12)14(10-20)16(22)23/h1-4,11,14H,5-10H2,(H,22,23). The van der Waals surface area contributed by atoms with E-state index in [1.807, 2.05) is 12.1 Å². The summed E-state index contributed by atoms with van der Waals surface area (Å²) in [6.45, 7) is 0.462. The number of benzene rings is 1. The topological polar surface area (TPSA) is 57.6 Å². The lowest BCUT2D eigenvalue weighted by molar-refractivity contribution is -0.144. The maximum Gasteiger partial charge on any atom is 0.312 e. The van der Waals surface area contributed by atoms with E-state index in [-0.39, 0.29) is 38.1 Å². The minimum Gasteiger partial charge on any atom is -0.481 e. The van der Waals surface area contributed by atoms with Crippen LogP contribution in [0.4, 0.5) is 8.78 Å². The maximum absolute atomic E-state index is 13.2. The van der Waals surface area contributed by atoms with Gasteiger partial charge in [0, 0.05) is 31.8 Å². The molecule has 1 N–H and O–H groups in total. The summed E-state index contributed by atoms with van der Waals surface area (Å²) in [4.78, 5) is 25.7. The Morgan fingerprint density at radius 1 is 1.17 bits per heavy atom. The molecule has 1 aliphatic carbocycles. The van der Waals surface area contributed by atoms with Crippen LogP contribution in [0.1, 0.15) is 42.7 Å². The van der Waals surface area contributed by atoms with E-state index in [9.17, 15) is 23.5 Å². The van der Waals surface area contributed by atoms with Crippen LogP contribution in [0.15, 0.2) is 24.3 Å². The van der Waals surface area contributed by atoms with Gasteiger partial charge in [-0.2, -0.15) is 0 Å². The Hall–Kier alpha value is -1.98. The molecule has 1 amide bonds. The Labute approximate surface area is 133 Å². The van der Waals surface area contributed by atoms with Crippen molar-refractivity contribution in [2.75, 3.05) is 6.54 Å². The highest BCUT2D eigenvalue weighted by Crippen LogP contribution is 2.38. The van der Waals surface area contributed by atoms with E-state index in [0.29, 0.717) is 6.54 Å². The lowest BCUT2D eigenvalue weighted by atomic mass is 9.84. The SMILES string of the molecule is O=C(O)C1CN(C(=O)C2CCC(F)(F)CC2)Cc2ccccc21. The van der Waals surface area contributed by atoms with Crippen LogP contribution in [0.25, 0.3) is 0 Å². The average molecular weight is 323 g/mol. The molecule has 1 aliphatic heterocycles. The van der Waals surface area contributed by atoms with Crippen LogP contribution in [0.5, 0.6) is 0 Å². The molecule has 1 aromatic carbocycles. The second kappa shape index (κ2) is 5.91. The third-order valence-corrected chi connectivity index (χ3v) is 4.87. The van der Waals surface area contributed by atoms with Gasteiger partial charge in [0.2, 0.25) is 11.8 Å². The molecule has 4 nitrogen and oxygen atoms in total. The van der Waals surface area contributed by atoms with Gasteiger partial charge >= 0.3 is 5.97 Å². The Morgan fingerprint density at radius 2 is 1.83 bits per heavy atom. The third-order valence-electron chi connectivity index (χ3n) is 4.87. The van der Waals surface area contributed by atoms with Gasteiger partial charge in [-0.05, 0) is 24.0 Å². The lowest BCUT2D eigenvalue weighted by Gasteiger charge is -2.36. The number of halogens is 2. The van der Waals surface area contributed by atoms with Gasteiger partial charge in [0.25, 0.3) is 0 Å². The van der Waals surface area contributed by atoms with Crippen molar-refractivity contribution in [2.45, 2.75) is 44.1 Å². The molecular formula is C17H19F2NO3. The molecule has 1 atom stereocenters. The summed E-state index contributed by atoms with van der Waals surface area (Å²) in [6.07, 6.45) is -0.199. The number of amides is 1. The third kappa shape index (κ3) is 3.21. The quantitative estimate of drug-likeness (QED) is 0.910. The van der Waals surface area contributed by atoms with Gasteiger partial charge in [0.15, 0.2) is 0 Å². The molecule has 1 saturated carbocycles. The molecular weight excluding hydrogens is 304 g/mol. The second-order valence-corrected chi connectivity index (χ2v) is 6.44. The average Bonchev–Trinajstić information content (AvgIpc) is 2.53. The molecule has 3 rings (SSSR count). The number of carbonyl (C=O) groups is 2. The van der Waals surface area contributed by atoms with E-state index in [1.165, 1.54) is 4.90 Å². The molecule has 0 bridgehead atoms. The highest BCUT2D eigenvalue weighted by atomic mass is 19.3. The monoisotopic (exact) mass is 323 g/mol. The Morgan fingerprint density at radius 3 is 2.48 bits per heavy atom. The van der Waals surface area contributed by atoms with Gasteiger partial charge in [-0.1, -0.05) is 24.3 Å². The van der Waals surface area contributed by atoms with Crippen LogP contribution in [-0.2, 0) is 16.1 Å². The predicted octanol–water partition coefficient (Wildman–Crippen LogP) is 3.02. The number of alkyl halides is 2. The van der Waals surface area contributed by atoms with Gasteiger partial charge in [0.05, 0.1) is 5.92 Å². The summed E-state index contributed by atoms with van der Waals surface area (Å²) in [7, 11) is 0. The van der Waals surface area contributed by atoms with Crippen LogP contribution in [-0.4, -0.2) is 34.4 Å². The molecule has 1 heterocycles. The van der Waals surface area contributed by atoms with Gasteiger partial charge in [-0.25, -0.2) is 8.78 Å². The summed E-state index contributed by atoms with van der Waals surface area (Å²) >= 11 is 0. The first kappa shape index (κ1) is 15.9. The predicted molar refractivity (Wildman–Crippen MR) is 79.1 cm³/mol. The van der Waals surface area contributed by atoms with Gasteiger partial charge in [0.1, 0.15) is 0 Å². The van der Waals surface area contributed by atoms with Crippen molar-refractivity contribution in [2.24, 2.45) is 5.92 Å². The number of aliphatic carboxylic acids is 1. The van der Waals surface area contributed by atoms with Crippen LogP contribution in [0.2, 0.25) is 0 Å². The van der Waals surface area contributed by atoms with Crippen LogP contribution >= 0.6 is 0 Å². The van der Waals surface area contributed by atoms with Crippen molar-refractivity contribution in [3.05, 3.63) is 35.4 Å². The van der Waals surface area contributed by atoms with E-state index in [1.54, 1.807) is 12.1 Å². The summed E-state index contributed by atoms with van der Waals surface area (Å²) in [6, 6.07) is 7.19. The Bertz CT molecular complexity index is 622. The van der Waals surface area contributed by atoms with Crippen molar-refractivity contribution in [1.82, 2.24) is 4.90 Å². The second-order valence-electron chi connectivity index (χ2n) is 6.44. The van der Waals surface area contributed by atoms with Crippen LogP contribution < -0.4 is 0 Å². The number of carbonyl (C=O) groups excluding carboxylic acids is 1. The zero-order valence-electron chi connectivity index (χ0n) is 12.7. The summed E-state index contributed by atoms with van der Waals surface area (Å²) in [5.41, 5.74) is 1.56. The van der Waals surface area contributed by atoms with Crippen molar-refractivity contribution < 1.29 is 23.5 Å². The van der Waals surface area contributed by atoms with Gasteiger partial charge in [-0.15, -0.1) is 0 Å². The molecule has 1 fully saturated rings. The summed E-state index contributed by atoms with van der Waals surface area (Å²) < 4.78 is 26.5. The smallest absolute Gasteiger partial charge is 0.312 e. The largest absolute Gasteiger partial charge is 0.481 e. The zero-order chi connectivity index (χ0) is 16.6. The minimum absolute atomic E-state index is 0.109. The molecule has 23 heavy (non-hydrogen) atoms. The van der Waals surface area contributed by atoms with Crippen molar-refractivity contribution in [3.63, 3.8) is 0 Å². The minimum atomic E-state index is -2.67. The van der Waals surface area contributed by atoms with Gasteiger partial charge in [-0.3, -0.25) is 9.59 Å². The first-order valence-corrected chi connectivity index (χ1v) is 7.84. The highest BCUT2D eigenvalue weighted by Gasteiger charge is 2.40. The first-order chi connectivity index (χ1) is 10.9. The fraction of sp³-hybridized carbons (Fsp3) is 0.529. The molecule has 0 aromatic heterocycles. The normalized spacial score (nSPS) is 24.1. The zero-order valence-corrected chi connectivity index (χ0v) is 12.7. The molecule has 2 aliphatic rings. The number of nitrogens with zero attached hydrogens (tertiary/aromatic N) is 1. The first-order valence-electron chi connectivity index (χ1n) is 7.84.